The summed E-state index contributed by atoms with van der Waals surface area (Å²) in [6.45, 7) is 2.25. The van der Waals surface area contributed by atoms with E-state index < -0.39 is 24.1 Å². The number of nitrogens with zero attached hydrogens (tertiary/aromatic N) is 1. The molecule has 138 valence electrons. The maximum Gasteiger partial charge on any atom is 0.410 e. The Hall–Kier alpha value is -2.57. The normalized spacial score (nSPS) is 11.6. The number of rotatable bonds is 11. The highest BCUT2D eigenvalue weighted by Gasteiger charge is 2.30. The largest absolute Gasteiger partial charge is 0.481 e. The zero-order valence-electron chi connectivity index (χ0n) is 14.4. The molecule has 0 heterocycles. The van der Waals surface area contributed by atoms with Gasteiger partial charge in [-0.25, -0.2) is 9.59 Å². The Morgan fingerprint density at radius 3 is 2.36 bits per heavy atom. The van der Waals surface area contributed by atoms with Gasteiger partial charge in [-0.1, -0.05) is 50.1 Å². The van der Waals surface area contributed by atoms with Gasteiger partial charge in [0.2, 0.25) is 0 Å². The molecule has 1 aromatic rings. The van der Waals surface area contributed by atoms with Crippen molar-refractivity contribution in [1.82, 2.24) is 4.90 Å². The molecule has 0 unspecified atom stereocenters. The minimum absolute atomic E-state index is 0.0369. The third-order valence-corrected chi connectivity index (χ3v) is 3.74. The second-order valence-electron chi connectivity index (χ2n) is 5.73. The smallest absolute Gasteiger partial charge is 0.410 e. The van der Waals surface area contributed by atoms with Crippen LogP contribution in [0, 0.1) is 0 Å². The quantitative estimate of drug-likeness (QED) is 0.594. The fraction of sp³-hybridized carbons (Fsp3) is 0.500. The molecular weight excluding hydrogens is 326 g/mol. The Labute approximate surface area is 147 Å². The summed E-state index contributed by atoms with van der Waals surface area (Å²) in [6, 6.07) is 7.86. The number of carbonyl (C=O) groups is 3. The van der Waals surface area contributed by atoms with E-state index in [1.807, 2.05) is 25.1 Å². The number of unbranched alkanes of at least 4 members (excludes halogenated alkanes) is 2. The van der Waals surface area contributed by atoms with E-state index in [0.717, 1.165) is 23.3 Å². The lowest BCUT2D eigenvalue weighted by molar-refractivity contribution is -0.144. The van der Waals surface area contributed by atoms with Crippen LogP contribution in [0.5, 0.6) is 0 Å². The third kappa shape index (κ3) is 7.69. The first-order chi connectivity index (χ1) is 12.0. The van der Waals surface area contributed by atoms with E-state index in [9.17, 15) is 19.5 Å². The van der Waals surface area contributed by atoms with E-state index in [1.165, 1.54) is 0 Å². The maximum atomic E-state index is 12.4. The van der Waals surface area contributed by atoms with Crippen molar-refractivity contribution < 1.29 is 29.3 Å². The molecule has 1 amide bonds. The molecule has 7 heteroatoms. The van der Waals surface area contributed by atoms with Gasteiger partial charge in [-0.05, 0) is 18.4 Å². The second kappa shape index (κ2) is 11.1. The Balaban J connectivity index is 2.78. The molecule has 0 aliphatic heterocycles. The summed E-state index contributed by atoms with van der Waals surface area (Å²) in [5.74, 6) is -2.33. The van der Waals surface area contributed by atoms with Crippen LogP contribution in [0.3, 0.4) is 0 Å². The highest BCUT2D eigenvalue weighted by atomic mass is 16.6. The molecule has 0 spiro atoms. The van der Waals surface area contributed by atoms with Gasteiger partial charge in [0.1, 0.15) is 12.6 Å². The molecule has 0 radical (unpaired) electrons. The van der Waals surface area contributed by atoms with Crippen molar-refractivity contribution in [2.75, 3.05) is 6.54 Å². The molecule has 0 aromatic heterocycles. The summed E-state index contributed by atoms with van der Waals surface area (Å²) in [4.78, 5) is 35.8. The van der Waals surface area contributed by atoms with Gasteiger partial charge in [-0.2, -0.15) is 0 Å². The van der Waals surface area contributed by atoms with Gasteiger partial charge in [0.25, 0.3) is 0 Å². The average Bonchev–Trinajstić information content (AvgIpc) is 2.58. The summed E-state index contributed by atoms with van der Waals surface area (Å²) < 4.78 is 5.24. The zero-order valence-corrected chi connectivity index (χ0v) is 14.4. The van der Waals surface area contributed by atoms with Crippen LogP contribution < -0.4 is 0 Å². The molecule has 1 atom stereocenters. The van der Waals surface area contributed by atoms with Crippen molar-refractivity contribution >= 4 is 18.0 Å². The second-order valence-corrected chi connectivity index (χ2v) is 5.73. The predicted octanol–water partition coefficient (Wildman–Crippen LogP) is 3.13. The van der Waals surface area contributed by atoms with Crippen LogP contribution in [0.15, 0.2) is 30.3 Å². The Bertz CT molecular complexity index is 560. The first-order valence-electron chi connectivity index (χ1n) is 8.37. The molecule has 1 rings (SSSR count). The summed E-state index contributed by atoms with van der Waals surface area (Å²) in [6.07, 6.45) is 1.17. The number of carboxylic acid groups (broad SMARTS) is 2. The molecule has 25 heavy (non-hydrogen) atoms. The molecule has 0 fully saturated rings. The predicted molar refractivity (Wildman–Crippen MR) is 91.2 cm³/mol. The topological polar surface area (TPSA) is 104 Å². The van der Waals surface area contributed by atoms with E-state index in [1.54, 1.807) is 12.1 Å². The SMILES string of the molecule is CCCCCN(C(=O)OCc1ccccc1)[C@@H](CCC(=O)O)C(=O)O. The molecule has 0 aliphatic rings. The van der Waals surface area contributed by atoms with E-state index >= 15 is 0 Å². The Kier molecular flexibility index (Phi) is 9.06. The third-order valence-electron chi connectivity index (χ3n) is 3.74. The summed E-state index contributed by atoms with van der Waals surface area (Å²) >= 11 is 0. The van der Waals surface area contributed by atoms with Gasteiger partial charge >= 0.3 is 18.0 Å². The lowest BCUT2D eigenvalue weighted by Crippen LogP contribution is -2.46. The van der Waals surface area contributed by atoms with E-state index in [4.69, 9.17) is 9.84 Å². The van der Waals surface area contributed by atoms with E-state index in [2.05, 4.69) is 0 Å². The van der Waals surface area contributed by atoms with E-state index in [-0.39, 0.29) is 26.0 Å². The van der Waals surface area contributed by atoms with Gasteiger partial charge in [0.15, 0.2) is 0 Å². The van der Waals surface area contributed by atoms with Crippen molar-refractivity contribution in [3.63, 3.8) is 0 Å². The van der Waals surface area contributed by atoms with Crippen molar-refractivity contribution in [2.24, 2.45) is 0 Å². The minimum atomic E-state index is -1.23. The number of benzene rings is 1. The summed E-state index contributed by atoms with van der Waals surface area (Å²) in [7, 11) is 0. The first kappa shape index (κ1) is 20.5. The standard InChI is InChI=1S/C18H25NO6/c1-2-3-7-12-19(15(17(22)23)10-11-16(20)21)18(24)25-13-14-8-5-4-6-9-14/h4-6,8-9,15H,2-3,7,10-13H2,1H3,(H,20,21)(H,22,23)/t15-/m0/s1. The fourth-order valence-electron chi connectivity index (χ4n) is 2.38. The Morgan fingerprint density at radius 2 is 1.80 bits per heavy atom. The minimum Gasteiger partial charge on any atom is -0.481 e. The van der Waals surface area contributed by atoms with Crippen LogP contribution in [0.25, 0.3) is 0 Å². The van der Waals surface area contributed by atoms with Crippen LogP contribution in [-0.2, 0) is 20.9 Å². The summed E-state index contributed by atoms with van der Waals surface area (Å²) in [5.41, 5.74) is 0.793. The van der Waals surface area contributed by atoms with Gasteiger partial charge in [-0.15, -0.1) is 0 Å². The lowest BCUT2D eigenvalue weighted by Gasteiger charge is -2.28. The first-order valence-corrected chi connectivity index (χ1v) is 8.37. The molecule has 0 bridgehead atoms. The number of amides is 1. The summed E-state index contributed by atoms with van der Waals surface area (Å²) in [5, 5.41) is 18.2. The number of carbonyl (C=O) groups excluding carboxylic acids is 1. The Morgan fingerprint density at radius 1 is 1.12 bits per heavy atom. The number of hydrogen-bond acceptors (Lipinski definition) is 4. The number of hydrogen-bond donors (Lipinski definition) is 2. The van der Waals surface area contributed by atoms with Crippen molar-refractivity contribution in [3.8, 4) is 0 Å². The van der Waals surface area contributed by atoms with Crippen molar-refractivity contribution in [3.05, 3.63) is 35.9 Å². The molecular formula is C18H25NO6. The van der Waals surface area contributed by atoms with Gasteiger partial charge in [0.05, 0.1) is 0 Å². The van der Waals surface area contributed by atoms with Crippen LogP contribution in [0.4, 0.5) is 4.79 Å². The van der Waals surface area contributed by atoms with Crippen LogP contribution >= 0.6 is 0 Å². The monoisotopic (exact) mass is 351 g/mol. The molecule has 0 aliphatic carbocycles. The number of aliphatic carboxylic acids is 2. The maximum absolute atomic E-state index is 12.4. The molecule has 0 saturated carbocycles. The van der Waals surface area contributed by atoms with Crippen molar-refractivity contribution in [2.45, 2.75) is 51.7 Å². The lowest BCUT2D eigenvalue weighted by atomic mass is 10.1. The molecule has 0 saturated heterocycles. The molecule has 7 nitrogen and oxygen atoms in total. The van der Waals surface area contributed by atoms with Crippen LogP contribution in [-0.4, -0.2) is 45.7 Å². The van der Waals surface area contributed by atoms with Gasteiger partial charge in [-0.3, -0.25) is 9.69 Å². The van der Waals surface area contributed by atoms with Crippen LogP contribution in [0.1, 0.15) is 44.6 Å². The highest BCUT2D eigenvalue weighted by Crippen LogP contribution is 2.13. The zero-order chi connectivity index (χ0) is 18.7. The molecule has 2 N–H and O–H groups in total. The number of ether oxygens (including phenoxy) is 1. The fourth-order valence-corrected chi connectivity index (χ4v) is 2.38. The number of carboxylic acids is 2. The van der Waals surface area contributed by atoms with Gasteiger partial charge in [0, 0.05) is 13.0 Å². The van der Waals surface area contributed by atoms with E-state index in [0.29, 0.717) is 6.42 Å². The average molecular weight is 351 g/mol. The van der Waals surface area contributed by atoms with Crippen LogP contribution in [0.2, 0.25) is 0 Å². The van der Waals surface area contributed by atoms with Gasteiger partial charge < -0.3 is 14.9 Å². The van der Waals surface area contributed by atoms with Crippen molar-refractivity contribution in [1.29, 1.82) is 0 Å². The molecule has 1 aromatic carbocycles. The highest BCUT2D eigenvalue weighted by molar-refractivity contribution is 5.80.